The molecule has 4 aliphatic rings. The van der Waals surface area contributed by atoms with E-state index in [9.17, 15) is 18.0 Å². The largest absolute Gasteiger partial charge is 0.497 e. The van der Waals surface area contributed by atoms with Crippen molar-refractivity contribution in [1.82, 2.24) is 28.9 Å². The van der Waals surface area contributed by atoms with Crippen LogP contribution >= 0.6 is 0 Å². The quantitative estimate of drug-likeness (QED) is 0.247. The Morgan fingerprint density at radius 1 is 0.942 bits per heavy atom. The number of carbonyl (C=O) groups is 2. The maximum Gasteiger partial charge on any atom is 0.264 e. The predicted octanol–water partition coefficient (Wildman–Crippen LogP) is 6.04. The highest BCUT2D eigenvalue weighted by atomic mass is 32.2. The summed E-state index contributed by atoms with van der Waals surface area (Å²) in [5.41, 5.74) is 7.75. The second kappa shape index (κ2) is 13.2. The second-order valence-corrected chi connectivity index (χ2v) is 17.6. The summed E-state index contributed by atoms with van der Waals surface area (Å²) < 4.78 is 37.5. The Bertz CT molecular complexity index is 2210. The topological polar surface area (TPSA) is 119 Å². The number of fused-ring (bicyclic) bond motifs is 7. The molecule has 2 aromatic carbocycles. The standard InChI is InChI=1S/C40H48N6O5S/c1-24(2)52(49,50)42-39(47)26-11-15-33-35(19-26)46-21-28(37-34(20-41-44(37)4)40(48)45-22-29-12-13-30(23-45)43(29)3)17-27-18-31(51-5)14-16-32(27)38(46)36(33)25-9-7-6-8-10-25/h11,14-20,24-25,29-30H,6-10,12-13,21-23H2,1-5H3,(H,42,47)/t29-,30+. The number of nitrogens with one attached hydrogen (secondary N) is 1. The summed E-state index contributed by atoms with van der Waals surface area (Å²) in [4.78, 5) is 32.3. The third kappa shape index (κ3) is 5.84. The molecule has 3 aliphatic heterocycles. The maximum atomic E-state index is 14.4. The number of carbonyl (C=O) groups excluding carboxylic acids is 2. The van der Waals surface area contributed by atoms with E-state index in [0.29, 0.717) is 43.2 Å². The first-order chi connectivity index (χ1) is 24.9. The summed E-state index contributed by atoms with van der Waals surface area (Å²) in [6.07, 6.45) is 11.7. The van der Waals surface area contributed by atoms with Crippen molar-refractivity contribution in [2.24, 2.45) is 7.05 Å². The fraction of sp³-hybridized carbons (Fsp3) is 0.475. The first-order valence-electron chi connectivity index (χ1n) is 18.6. The van der Waals surface area contributed by atoms with E-state index in [4.69, 9.17) is 4.74 Å². The number of benzene rings is 2. The normalized spacial score (nSPS) is 20.8. The SMILES string of the molecule is COc1ccc2c(c1)C=C(c1c(C(=O)N3C[C@H]4CC[C@@H](C3)N4C)cnn1C)Cn1c-2c(C2CCCCC2)c2ccc(C(=O)NS(=O)(=O)C(C)C)cc21. The van der Waals surface area contributed by atoms with Crippen molar-refractivity contribution in [3.05, 3.63) is 70.5 Å². The Morgan fingerprint density at radius 3 is 2.37 bits per heavy atom. The van der Waals surface area contributed by atoms with Gasteiger partial charge in [-0.1, -0.05) is 25.3 Å². The van der Waals surface area contributed by atoms with Gasteiger partial charge in [0.25, 0.3) is 11.8 Å². The third-order valence-corrected chi connectivity index (χ3v) is 13.7. The molecule has 3 fully saturated rings. The molecular formula is C40H48N6O5S. The Labute approximate surface area is 305 Å². The van der Waals surface area contributed by atoms with E-state index in [0.717, 1.165) is 83.3 Å². The molecule has 0 unspecified atom stereocenters. The monoisotopic (exact) mass is 724 g/mol. The number of sulfonamides is 1. The molecule has 274 valence electrons. The van der Waals surface area contributed by atoms with Gasteiger partial charge in [0, 0.05) is 54.3 Å². The van der Waals surface area contributed by atoms with Crippen LogP contribution in [0.2, 0.25) is 0 Å². The molecule has 2 bridgehead atoms. The number of likely N-dealkylation sites (N-methyl/N-ethyl adjacent to an activating group) is 1. The van der Waals surface area contributed by atoms with Gasteiger partial charge in [-0.3, -0.25) is 19.2 Å². The molecule has 12 heteroatoms. The van der Waals surface area contributed by atoms with Gasteiger partial charge in [0.2, 0.25) is 10.0 Å². The van der Waals surface area contributed by atoms with Crippen LogP contribution in [-0.4, -0.2) is 89.0 Å². The van der Waals surface area contributed by atoms with Crippen molar-refractivity contribution in [1.29, 1.82) is 0 Å². The van der Waals surface area contributed by atoms with Gasteiger partial charge >= 0.3 is 0 Å². The first-order valence-corrected chi connectivity index (χ1v) is 20.1. The van der Waals surface area contributed by atoms with Crippen LogP contribution in [0.25, 0.3) is 33.8 Å². The number of nitrogens with zero attached hydrogens (tertiary/aromatic N) is 5. The zero-order chi connectivity index (χ0) is 36.5. The van der Waals surface area contributed by atoms with Crippen molar-refractivity contribution < 1.29 is 22.7 Å². The van der Waals surface area contributed by atoms with E-state index >= 15 is 0 Å². The number of amides is 2. The van der Waals surface area contributed by atoms with Gasteiger partial charge < -0.3 is 14.2 Å². The summed E-state index contributed by atoms with van der Waals surface area (Å²) >= 11 is 0. The molecule has 1 N–H and O–H groups in total. The van der Waals surface area contributed by atoms with E-state index in [1.165, 1.54) is 12.0 Å². The lowest BCUT2D eigenvalue weighted by Crippen LogP contribution is -2.53. The molecule has 0 spiro atoms. The molecule has 2 saturated heterocycles. The van der Waals surface area contributed by atoms with E-state index in [-0.39, 0.29) is 11.5 Å². The van der Waals surface area contributed by atoms with Gasteiger partial charge in [-0.25, -0.2) is 13.1 Å². The summed E-state index contributed by atoms with van der Waals surface area (Å²) in [7, 11) is 1.89. The Kier molecular flexibility index (Phi) is 8.81. The van der Waals surface area contributed by atoms with Gasteiger partial charge in [-0.15, -0.1) is 0 Å². The van der Waals surface area contributed by atoms with Crippen LogP contribution in [0.4, 0.5) is 0 Å². The van der Waals surface area contributed by atoms with Gasteiger partial charge in [-0.2, -0.15) is 5.10 Å². The smallest absolute Gasteiger partial charge is 0.264 e. The summed E-state index contributed by atoms with van der Waals surface area (Å²) in [6.45, 7) is 4.92. The lowest BCUT2D eigenvalue weighted by atomic mass is 9.81. The molecule has 1 saturated carbocycles. The molecule has 1 aliphatic carbocycles. The number of aromatic nitrogens is 3. The molecule has 0 radical (unpaired) electrons. The number of likely N-dealkylation sites (tertiary alicyclic amines) is 1. The molecule has 2 aromatic heterocycles. The van der Waals surface area contributed by atoms with E-state index in [1.54, 1.807) is 37.9 Å². The molecule has 8 rings (SSSR count). The van der Waals surface area contributed by atoms with Crippen LogP contribution < -0.4 is 9.46 Å². The summed E-state index contributed by atoms with van der Waals surface area (Å²) in [6, 6.07) is 12.5. The molecule has 52 heavy (non-hydrogen) atoms. The van der Waals surface area contributed by atoms with Gasteiger partial charge in [0.15, 0.2) is 0 Å². The highest BCUT2D eigenvalue weighted by Gasteiger charge is 2.40. The highest BCUT2D eigenvalue weighted by molar-refractivity contribution is 7.90. The minimum atomic E-state index is -3.83. The van der Waals surface area contributed by atoms with Crippen molar-refractivity contribution in [2.75, 3.05) is 27.2 Å². The number of ether oxygens (including phenoxy) is 1. The van der Waals surface area contributed by atoms with Crippen LogP contribution in [0.1, 0.15) is 102 Å². The predicted molar refractivity (Wildman–Crippen MR) is 203 cm³/mol. The molecule has 5 heterocycles. The number of hydrogen-bond acceptors (Lipinski definition) is 7. The minimum Gasteiger partial charge on any atom is -0.497 e. The van der Waals surface area contributed by atoms with Crippen molar-refractivity contribution in [3.8, 4) is 17.0 Å². The van der Waals surface area contributed by atoms with Crippen LogP contribution in [0.3, 0.4) is 0 Å². The number of hydrogen-bond donors (Lipinski definition) is 1. The molecular weight excluding hydrogens is 677 g/mol. The Morgan fingerprint density at radius 2 is 1.67 bits per heavy atom. The average Bonchev–Trinajstić information content (AvgIpc) is 3.67. The number of allylic oxidation sites excluding steroid dienone is 1. The minimum absolute atomic E-state index is 0.00471. The lowest BCUT2D eigenvalue weighted by molar-refractivity contribution is 0.0523. The van der Waals surface area contributed by atoms with Gasteiger partial charge in [0.1, 0.15) is 5.75 Å². The van der Waals surface area contributed by atoms with E-state index in [2.05, 4.69) is 44.5 Å². The molecule has 2 amide bonds. The van der Waals surface area contributed by atoms with Crippen LogP contribution in [0.5, 0.6) is 5.75 Å². The third-order valence-electron chi connectivity index (χ3n) is 12.0. The number of piperazine rings is 1. The van der Waals surface area contributed by atoms with Crippen molar-refractivity contribution in [2.45, 2.75) is 88.6 Å². The van der Waals surface area contributed by atoms with Gasteiger partial charge in [-0.05, 0) is 106 Å². The van der Waals surface area contributed by atoms with E-state index < -0.39 is 21.2 Å². The fourth-order valence-electron chi connectivity index (χ4n) is 9.06. The number of aryl methyl sites for hydroxylation is 1. The average molecular weight is 725 g/mol. The highest BCUT2D eigenvalue weighted by Crippen LogP contribution is 2.48. The van der Waals surface area contributed by atoms with Crippen molar-refractivity contribution in [3.63, 3.8) is 0 Å². The molecule has 11 nitrogen and oxygen atoms in total. The first kappa shape index (κ1) is 34.7. The zero-order valence-electron chi connectivity index (χ0n) is 30.7. The lowest BCUT2D eigenvalue weighted by Gasteiger charge is -2.38. The van der Waals surface area contributed by atoms with Gasteiger partial charge in [0.05, 0.1) is 42.1 Å². The Balaban J connectivity index is 1.31. The zero-order valence-corrected chi connectivity index (χ0v) is 31.5. The van der Waals surface area contributed by atoms with Crippen LogP contribution in [-0.2, 0) is 23.6 Å². The second-order valence-electron chi connectivity index (χ2n) is 15.4. The Hall–Kier alpha value is -4.42. The van der Waals surface area contributed by atoms with E-state index in [1.807, 2.05) is 30.1 Å². The molecule has 2 atom stereocenters. The van der Waals surface area contributed by atoms with Crippen LogP contribution in [0.15, 0.2) is 42.6 Å². The maximum absolute atomic E-state index is 14.4. The molecule has 4 aromatic rings. The number of rotatable bonds is 7. The summed E-state index contributed by atoms with van der Waals surface area (Å²) in [5, 5.41) is 4.96. The number of methoxy groups -OCH3 is 1. The summed E-state index contributed by atoms with van der Waals surface area (Å²) in [5.74, 6) is 0.402. The fourth-order valence-corrected chi connectivity index (χ4v) is 9.67. The van der Waals surface area contributed by atoms with Crippen molar-refractivity contribution >= 4 is 44.4 Å². The van der Waals surface area contributed by atoms with Crippen LogP contribution in [0, 0.1) is 0 Å².